The monoisotopic (exact) mass is 455 g/mol. The molecule has 1 aromatic heterocycles. The van der Waals surface area contributed by atoms with Crippen molar-refractivity contribution in [3.63, 3.8) is 0 Å². The molecule has 2 saturated heterocycles. The SMILES string of the molecule is CC1(C)CCC2(COC2)c2ccc(-c3csc(N4CCN(CCCCCO)CC4)n3)cc21. The van der Waals surface area contributed by atoms with Gasteiger partial charge in [-0.05, 0) is 61.3 Å². The molecule has 0 radical (unpaired) electrons. The highest BCUT2D eigenvalue weighted by atomic mass is 32.1. The zero-order valence-corrected chi connectivity index (χ0v) is 20.4. The number of unbranched alkanes of at least 4 members (excludes halogenated alkanes) is 2. The summed E-state index contributed by atoms with van der Waals surface area (Å²) in [6.45, 7) is 12.3. The topological polar surface area (TPSA) is 48.8 Å². The van der Waals surface area contributed by atoms with Crippen LogP contribution in [0.3, 0.4) is 0 Å². The summed E-state index contributed by atoms with van der Waals surface area (Å²) >= 11 is 1.78. The minimum absolute atomic E-state index is 0.207. The normalized spacial score (nSPS) is 22.0. The number of anilines is 1. The molecule has 1 aromatic carbocycles. The van der Waals surface area contributed by atoms with Gasteiger partial charge in [-0.25, -0.2) is 4.98 Å². The molecule has 2 fully saturated rings. The first-order valence-electron chi connectivity index (χ1n) is 12.3. The largest absolute Gasteiger partial charge is 0.396 e. The van der Waals surface area contributed by atoms with Gasteiger partial charge in [0.25, 0.3) is 0 Å². The van der Waals surface area contributed by atoms with Crippen molar-refractivity contribution >= 4 is 16.5 Å². The molecular weight excluding hydrogens is 418 g/mol. The predicted molar refractivity (Wildman–Crippen MR) is 132 cm³/mol. The minimum Gasteiger partial charge on any atom is -0.396 e. The molecule has 1 N–H and O–H groups in total. The van der Waals surface area contributed by atoms with Crippen LogP contribution < -0.4 is 4.90 Å². The number of nitrogens with zero attached hydrogens (tertiary/aromatic N) is 3. The molecule has 174 valence electrons. The summed E-state index contributed by atoms with van der Waals surface area (Å²) in [5.41, 5.74) is 5.83. The Morgan fingerprint density at radius 2 is 1.84 bits per heavy atom. The van der Waals surface area contributed by atoms with Gasteiger partial charge in [0.05, 0.1) is 18.9 Å². The number of aliphatic hydroxyl groups is 1. The number of benzene rings is 1. The molecule has 1 spiro atoms. The van der Waals surface area contributed by atoms with Crippen molar-refractivity contribution < 1.29 is 9.84 Å². The first-order valence-corrected chi connectivity index (χ1v) is 13.2. The third kappa shape index (κ3) is 4.23. The zero-order chi connectivity index (χ0) is 22.2. The summed E-state index contributed by atoms with van der Waals surface area (Å²) in [5, 5.41) is 12.3. The first kappa shape index (κ1) is 22.3. The van der Waals surface area contributed by atoms with Crippen LogP contribution >= 0.6 is 11.3 Å². The van der Waals surface area contributed by atoms with Gasteiger partial charge in [0.15, 0.2) is 5.13 Å². The lowest BCUT2D eigenvalue weighted by molar-refractivity contribution is -0.0722. The molecule has 1 aliphatic carbocycles. The second-order valence-electron chi connectivity index (χ2n) is 10.5. The van der Waals surface area contributed by atoms with Crippen molar-refractivity contribution in [3.05, 3.63) is 34.7 Å². The Balaban J connectivity index is 1.27. The third-order valence-corrected chi connectivity index (χ3v) is 8.77. The molecule has 6 heteroatoms. The van der Waals surface area contributed by atoms with E-state index < -0.39 is 0 Å². The number of hydrogen-bond donors (Lipinski definition) is 1. The Morgan fingerprint density at radius 3 is 2.56 bits per heavy atom. The summed E-state index contributed by atoms with van der Waals surface area (Å²) in [6, 6.07) is 7.06. The first-order chi connectivity index (χ1) is 15.5. The van der Waals surface area contributed by atoms with Crippen LogP contribution in [-0.2, 0) is 15.6 Å². The van der Waals surface area contributed by atoms with E-state index in [0.717, 1.165) is 69.6 Å². The predicted octanol–water partition coefficient (Wildman–Crippen LogP) is 4.43. The Hall–Kier alpha value is -1.47. The van der Waals surface area contributed by atoms with Crippen LogP contribution in [0.25, 0.3) is 11.3 Å². The highest BCUT2D eigenvalue weighted by molar-refractivity contribution is 7.14. The van der Waals surface area contributed by atoms with Crippen molar-refractivity contribution in [2.45, 2.75) is 56.8 Å². The Kier molecular flexibility index (Phi) is 6.32. The van der Waals surface area contributed by atoms with Gasteiger partial charge in [-0.3, -0.25) is 4.90 Å². The molecule has 3 aliphatic rings. The van der Waals surface area contributed by atoms with Crippen LogP contribution in [-0.4, -0.2) is 67.5 Å². The lowest BCUT2D eigenvalue weighted by Gasteiger charge is -2.50. The van der Waals surface area contributed by atoms with Gasteiger partial charge in [0, 0.05) is 49.1 Å². The number of fused-ring (bicyclic) bond motifs is 2. The number of thiazole rings is 1. The molecule has 3 heterocycles. The molecule has 0 amide bonds. The standard InChI is InChI=1S/C26H37N3O2S/c1-25(2)8-9-26(18-31-19-26)21-7-6-20(16-22(21)25)23-17-32-24(27-23)29-13-11-28(12-14-29)10-4-3-5-15-30/h6-7,16-17,30H,3-5,8-15,18-19H2,1-2H3. The van der Waals surface area contributed by atoms with Crippen LogP contribution in [0.15, 0.2) is 23.6 Å². The number of rotatable bonds is 7. The van der Waals surface area contributed by atoms with Gasteiger partial charge in [-0.15, -0.1) is 11.3 Å². The number of piperazine rings is 1. The van der Waals surface area contributed by atoms with Crippen LogP contribution in [0.5, 0.6) is 0 Å². The van der Waals surface area contributed by atoms with Gasteiger partial charge < -0.3 is 14.7 Å². The minimum atomic E-state index is 0.207. The molecule has 0 saturated carbocycles. The molecule has 5 nitrogen and oxygen atoms in total. The van der Waals surface area contributed by atoms with E-state index in [4.69, 9.17) is 14.8 Å². The molecule has 5 rings (SSSR count). The maximum absolute atomic E-state index is 8.94. The number of aliphatic hydroxyl groups excluding tert-OH is 1. The van der Waals surface area contributed by atoms with E-state index in [0.29, 0.717) is 6.61 Å². The summed E-state index contributed by atoms with van der Waals surface area (Å²) in [7, 11) is 0. The van der Waals surface area contributed by atoms with E-state index in [-0.39, 0.29) is 10.8 Å². The molecular formula is C26H37N3O2S. The number of aromatic nitrogens is 1. The molecule has 0 unspecified atom stereocenters. The summed E-state index contributed by atoms with van der Waals surface area (Å²) in [6.07, 6.45) is 5.69. The van der Waals surface area contributed by atoms with Crippen molar-refractivity contribution in [1.82, 2.24) is 9.88 Å². The second-order valence-corrected chi connectivity index (χ2v) is 11.4. The number of hydrogen-bond acceptors (Lipinski definition) is 6. The van der Waals surface area contributed by atoms with Crippen LogP contribution in [0.2, 0.25) is 0 Å². The fraction of sp³-hybridized carbons (Fsp3) is 0.654. The fourth-order valence-corrected chi connectivity index (χ4v) is 6.41. The highest BCUT2D eigenvalue weighted by Gasteiger charge is 2.47. The van der Waals surface area contributed by atoms with Gasteiger partial charge >= 0.3 is 0 Å². The van der Waals surface area contributed by atoms with Crippen molar-refractivity contribution in [2.24, 2.45) is 0 Å². The van der Waals surface area contributed by atoms with Crippen LogP contribution in [0, 0.1) is 0 Å². The molecule has 2 aliphatic heterocycles. The van der Waals surface area contributed by atoms with E-state index in [1.54, 1.807) is 11.3 Å². The fourth-order valence-electron chi connectivity index (χ4n) is 5.52. The van der Waals surface area contributed by atoms with Gasteiger partial charge in [0.1, 0.15) is 0 Å². The lowest BCUT2D eigenvalue weighted by atomic mass is 9.60. The number of ether oxygens (including phenoxy) is 1. The lowest BCUT2D eigenvalue weighted by Crippen LogP contribution is -2.51. The summed E-state index contributed by atoms with van der Waals surface area (Å²) in [5.74, 6) is 0. The Bertz CT molecular complexity index is 929. The zero-order valence-electron chi connectivity index (χ0n) is 19.6. The second kappa shape index (κ2) is 9.05. The average molecular weight is 456 g/mol. The van der Waals surface area contributed by atoms with Gasteiger partial charge in [0.2, 0.25) is 0 Å². The summed E-state index contributed by atoms with van der Waals surface area (Å²) in [4.78, 5) is 10.1. The van der Waals surface area contributed by atoms with Gasteiger partial charge in [-0.2, -0.15) is 0 Å². The smallest absolute Gasteiger partial charge is 0.185 e. The van der Waals surface area contributed by atoms with E-state index in [9.17, 15) is 0 Å². The molecule has 2 aromatic rings. The maximum atomic E-state index is 8.94. The van der Waals surface area contributed by atoms with Gasteiger partial charge in [-0.1, -0.05) is 26.0 Å². The molecule has 0 bridgehead atoms. The Labute approximate surface area is 196 Å². The highest BCUT2D eigenvalue weighted by Crippen LogP contribution is 2.50. The van der Waals surface area contributed by atoms with Crippen molar-refractivity contribution in [3.8, 4) is 11.3 Å². The van der Waals surface area contributed by atoms with Crippen LogP contribution in [0.1, 0.15) is 57.1 Å². The quantitative estimate of drug-likeness (QED) is 0.626. The van der Waals surface area contributed by atoms with Crippen LogP contribution in [0.4, 0.5) is 5.13 Å². The maximum Gasteiger partial charge on any atom is 0.185 e. The van der Waals surface area contributed by atoms with Crippen molar-refractivity contribution in [2.75, 3.05) is 57.4 Å². The molecule has 0 atom stereocenters. The van der Waals surface area contributed by atoms with Crippen molar-refractivity contribution in [1.29, 1.82) is 0 Å². The Morgan fingerprint density at radius 1 is 1.03 bits per heavy atom. The van der Waals surface area contributed by atoms with E-state index >= 15 is 0 Å². The average Bonchev–Trinajstić information content (AvgIpc) is 3.26. The third-order valence-electron chi connectivity index (χ3n) is 7.87. The van der Waals surface area contributed by atoms with E-state index in [1.165, 1.54) is 36.0 Å². The van der Waals surface area contributed by atoms with E-state index in [1.807, 2.05) is 0 Å². The molecule has 32 heavy (non-hydrogen) atoms. The van der Waals surface area contributed by atoms with E-state index in [2.05, 4.69) is 47.2 Å². The summed E-state index contributed by atoms with van der Waals surface area (Å²) < 4.78 is 5.64.